The van der Waals surface area contributed by atoms with Crippen LogP contribution in [0, 0.1) is 11.7 Å². The number of thioether (sulfide) groups is 1. The maximum atomic E-state index is 13.9. The average molecular weight is 264 g/mol. The molecular formula is C13H13FN2OS. The molecule has 1 saturated heterocycles. The lowest BCUT2D eigenvalue weighted by Gasteiger charge is -2.34. The molecule has 2 heterocycles. The topological polar surface area (TPSA) is 41.1 Å². The van der Waals surface area contributed by atoms with E-state index in [4.69, 9.17) is 0 Å². The molecule has 3 atom stereocenters. The van der Waals surface area contributed by atoms with Crippen LogP contribution >= 0.6 is 11.8 Å². The molecule has 18 heavy (non-hydrogen) atoms. The molecule has 0 aliphatic carbocycles. The quantitative estimate of drug-likeness (QED) is 0.819. The van der Waals surface area contributed by atoms with E-state index in [9.17, 15) is 9.18 Å². The minimum absolute atomic E-state index is 0.00311. The lowest BCUT2D eigenvalue weighted by Crippen LogP contribution is -2.53. The molecule has 1 aromatic carbocycles. The number of nitrogens with one attached hydrogen (secondary N) is 2. The SMILES string of the molecule is CC1=CC2C(NC(=O)NC2c2ccccc2F)S1. The van der Waals surface area contributed by atoms with Crippen molar-refractivity contribution in [2.24, 2.45) is 5.92 Å². The molecule has 3 unspecified atom stereocenters. The van der Waals surface area contributed by atoms with Gasteiger partial charge in [0.15, 0.2) is 0 Å². The number of fused-ring (bicyclic) bond motifs is 1. The van der Waals surface area contributed by atoms with Crippen molar-refractivity contribution in [2.45, 2.75) is 18.3 Å². The molecule has 2 amide bonds. The number of hydrogen-bond donors (Lipinski definition) is 2. The largest absolute Gasteiger partial charge is 0.331 e. The van der Waals surface area contributed by atoms with Crippen molar-refractivity contribution >= 4 is 17.8 Å². The molecular weight excluding hydrogens is 251 g/mol. The minimum Gasteiger partial charge on any atom is -0.331 e. The fourth-order valence-corrected chi connectivity index (χ4v) is 3.69. The Kier molecular flexibility index (Phi) is 2.78. The Labute approximate surface area is 109 Å². The van der Waals surface area contributed by atoms with Crippen LogP contribution < -0.4 is 10.6 Å². The van der Waals surface area contributed by atoms with Gasteiger partial charge in [-0.15, -0.1) is 11.8 Å². The Morgan fingerprint density at radius 1 is 1.28 bits per heavy atom. The first kappa shape index (κ1) is 11.6. The average Bonchev–Trinajstić information content (AvgIpc) is 2.69. The van der Waals surface area contributed by atoms with Crippen molar-refractivity contribution in [3.63, 3.8) is 0 Å². The van der Waals surface area contributed by atoms with Gasteiger partial charge in [-0.1, -0.05) is 24.3 Å². The van der Waals surface area contributed by atoms with Crippen LogP contribution in [-0.2, 0) is 0 Å². The standard InChI is InChI=1S/C13H13FN2OS/c1-7-6-9-11(8-4-2-3-5-10(8)14)15-13(17)16-12(9)18-7/h2-6,9,11-12H,1H3,(H2,15,16,17). The van der Waals surface area contributed by atoms with Crippen molar-refractivity contribution in [1.29, 1.82) is 0 Å². The first-order chi connectivity index (χ1) is 8.65. The molecule has 2 N–H and O–H groups in total. The van der Waals surface area contributed by atoms with Crippen LogP contribution in [0.15, 0.2) is 35.2 Å². The molecule has 1 fully saturated rings. The summed E-state index contributed by atoms with van der Waals surface area (Å²) >= 11 is 1.62. The summed E-state index contributed by atoms with van der Waals surface area (Å²) in [5.41, 5.74) is 0.550. The number of hydrogen-bond acceptors (Lipinski definition) is 2. The number of carbonyl (C=O) groups is 1. The van der Waals surface area contributed by atoms with Crippen LogP contribution in [0.3, 0.4) is 0 Å². The highest BCUT2D eigenvalue weighted by atomic mass is 32.2. The van der Waals surface area contributed by atoms with Crippen molar-refractivity contribution < 1.29 is 9.18 Å². The Morgan fingerprint density at radius 2 is 2.06 bits per heavy atom. The van der Waals surface area contributed by atoms with E-state index in [-0.39, 0.29) is 29.2 Å². The summed E-state index contributed by atoms with van der Waals surface area (Å²) in [6.07, 6.45) is 2.10. The fraction of sp³-hybridized carbons (Fsp3) is 0.308. The summed E-state index contributed by atoms with van der Waals surface area (Å²) in [4.78, 5) is 12.8. The summed E-state index contributed by atoms with van der Waals surface area (Å²) in [5.74, 6) is -0.184. The molecule has 0 saturated carbocycles. The number of carbonyl (C=O) groups excluding carboxylic acids is 1. The minimum atomic E-state index is -0.296. The number of benzene rings is 1. The summed E-state index contributed by atoms with van der Waals surface area (Å²) in [6, 6.07) is 6.07. The van der Waals surface area contributed by atoms with Gasteiger partial charge in [0.1, 0.15) is 5.82 Å². The van der Waals surface area contributed by atoms with Crippen molar-refractivity contribution in [3.8, 4) is 0 Å². The zero-order chi connectivity index (χ0) is 12.7. The zero-order valence-corrected chi connectivity index (χ0v) is 10.6. The van der Waals surface area contributed by atoms with Gasteiger partial charge in [0.25, 0.3) is 0 Å². The molecule has 0 spiro atoms. The van der Waals surface area contributed by atoms with Gasteiger partial charge in [0, 0.05) is 11.5 Å². The summed E-state index contributed by atoms with van der Waals surface area (Å²) < 4.78 is 13.9. The van der Waals surface area contributed by atoms with E-state index < -0.39 is 0 Å². The molecule has 1 aromatic rings. The van der Waals surface area contributed by atoms with E-state index in [1.54, 1.807) is 30.0 Å². The lowest BCUT2D eigenvalue weighted by atomic mass is 9.90. The van der Waals surface area contributed by atoms with E-state index in [2.05, 4.69) is 16.7 Å². The number of allylic oxidation sites excluding steroid dienone is 1. The third-order valence-corrected chi connectivity index (χ3v) is 4.47. The van der Waals surface area contributed by atoms with Gasteiger partial charge in [-0.2, -0.15) is 0 Å². The highest BCUT2D eigenvalue weighted by Crippen LogP contribution is 2.43. The van der Waals surface area contributed by atoms with Crippen LogP contribution in [0.1, 0.15) is 18.5 Å². The third kappa shape index (κ3) is 1.88. The Morgan fingerprint density at radius 3 is 2.83 bits per heavy atom. The van der Waals surface area contributed by atoms with Crippen LogP contribution in [-0.4, -0.2) is 11.4 Å². The number of urea groups is 1. The molecule has 3 rings (SSSR count). The van der Waals surface area contributed by atoms with Crippen LogP contribution in [0.5, 0.6) is 0 Å². The maximum absolute atomic E-state index is 13.9. The van der Waals surface area contributed by atoms with E-state index in [0.29, 0.717) is 5.56 Å². The van der Waals surface area contributed by atoms with Gasteiger partial charge in [0.2, 0.25) is 0 Å². The van der Waals surface area contributed by atoms with E-state index in [1.807, 2.05) is 6.92 Å². The van der Waals surface area contributed by atoms with Gasteiger partial charge < -0.3 is 10.6 Å². The van der Waals surface area contributed by atoms with Crippen molar-refractivity contribution in [2.75, 3.05) is 0 Å². The van der Waals surface area contributed by atoms with Crippen molar-refractivity contribution in [1.82, 2.24) is 10.6 Å². The molecule has 2 aliphatic heterocycles. The van der Waals surface area contributed by atoms with Gasteiger partial charge in [-0.3, -0.25) is 0 Å². The van der Waals surface area contributed by atoms with E-state index in [0.717, 1.165) is 4.91 Å². The molecule has 94 valence electrons. The fourth-order valence-electron chi connectivity index (χ4n) is 2.49. The lowest BCUT2D eigenvalue weighted by molar-refractivity contribution is 0.217. The molecule has 3 nitrogen and oxygen atoms in total. The third-order valence-electron chi connectivity index (χ3n) is 3.27. The normalized spacial score (nSPS) is 30.2. The second kappa shape index (κ2) is 4.31. The van der Waals surface area contributed by atoms with Gasteiger partial charge in [-0.25, -0.2) is 9.18 Å². The maximum Gasteiger partial charge on any atom is 0.316 e. The second-order valence-electron chi connectivity index (χ2n) is 4.51. The smallest absolute Gasteiger partial charge is 0.316 e. The number of amides is 2. The molecule has 0 bridgehead atoms. The Hall–Kier alpha value is -1.49. The molecule has 0 aromatic heterocycles. The molecule has 0 radical (unpaired) electrons. The second-order valence-corrected chi connectivity index (χ2v) is 5.90. The predicted octanol–water partition coefficient (Wildman–Crippen LogP) is 2.77. The van der Waals surface area contributed by atoms with Gasteiger partial charge in [0.05, 0.1) is 11.4 Å². The highest BCUT2D eigenvalue weighted by Gasteiger charge is 2.40. The van der Waals surface area contributed by atoms with Gasteiger partial charge in [-0.05, 0) is 17.9 Å². The van der Waals surface area contributed by atoms with Crippen LogP contribution in [0.2, 0.25) is 0 Å². The van der Waals surface area contributed by atoms with Gasteiger partial charge >= 0.3 is 6.03 Å². The monoisotopic (exact) mass is 264 g/mol. The summed E-state index contributed by atoms with van der Waals surface area (Å²) in [7, 11) is 0. The first-order valence-electron chi connectivity index (χ1n) is 5.81. The highest BCUT2D eigenvalue weighted by molar-refractivity contribution is 8.03. The first-order valence-corrected chi connectivity index (χ1v) is 6.69. The van der Waals surface area contributed by atoms with E-state index >= 15 is 0 Å². The molecule has 5 heteroatoms. The van der Waals surface area contributed by atoms with Crippen molar-refractivity contribution in [3.05, 3.63) is 46.6 Å². The zero-order valence-electron chi connectivity index (χ0n) is 9.81. The predicted molar refractivity (Wildman–Crippen MR) is 69.4 cm³/mol. The van der Waals surface area contributed by atoms with Crippen LogP contribution in [0.25, 0.3) is 0 Å². The molecule has 2 aliphatic rings. The Bertz CT molecular complexity index is 531. The number of halogens is 1. The Balaban J connectivity index is 1.99. The number of rotatable bonds is 1. The van der Waals surface area contributed by atoms with Crippen LogP contribution in [0.4, 0.5) is 9.18 Å². The van der Waals surface area contributed by atoms with E-state index in [1.165, 1.54) is 6.07 Å². The summed E-state index contributed by atoms with van der Waals surface area (Å²) in [6.45, 7) is 2.01. The summed E-state index contributed by atoms with van der Waals surface area (Å²) in [5, 5.41) is 5.69.